The molecule has 7 heteroatoms. The minimum absolute atomic E-state index is 0.260. The van der Waals surface area contributed by atoms with Crippen LogP contribution < -0.4 is 5.32 Å². The molecule has 3 N–H and O–H groups in total. The Morgan fingerprint density at radius 1 is 1.00 bits per heavy atom. The molecule has 4 rings (SSSR count). The number of aliphatic carboxylic acids is 1. The van der Waals surface area contributed by atoms with E-state index in [1.165, 1.54) is 4.90 Å². The molecule has 4 aromatic rings. The van der Waals surface area contributed by atoms with Gasteiger partial charge in [-0.2, -0.15) is 5.10 Å². The van der Waals surface area contributed by atoms with Crippen LogP contribution in [0.1, 0.15) is 43.5 Å². The van der Waals surface area contributed by atoms with Gasteiger partial charge in [-0.25, -0.2) is 0 Å². The van der Waals surface area contributed by atoms with E-state index in [4.69, 9.17) is 5.11 Å². The van der Waals surface area contributed by atoms with Crippen molar-refractivity contribution < 1.29 is 9.90 Å². The Morgan fingerprint density at radius 3 is 2.71 bits per heavy atom. The van der Waals surface area contributed by atoms with Crippen LogP contribution in [0.4, 0.5) is 5.69 Å². The van der Waals surface area contributed by atoms with Crippen molar-refractivity contribution in [2.75, 3.05) is 11.9 Å². The Hall–Kier alpha value is -3.58. The zero-order valence-corrected chi connectivity index (χ0v) is 19.7. The number of aromatic nitrogens is 3. The number of carboxylic acid groups (broad SMARTS) is 1. The number of carbonyl (C=O) groups is 1. The second-order valence-corrected chi connectivity index (χ2v) is 9.10. The van der Waals surface area contributed by atoms with Crippen LogP contribution in [0.25, 0.3) is 23.1 Å². The van der Waals surface area contributed by atoms with Gasteiger partial charge in [0.15, 0.2) is 0 Å². The first kappa shape index (κ1) is 23.6. The van der Waals surface area contributed by atoms with Gasteiger partial charge in [-0.1, -0.05) is 42.8 Å². The maximum absolute atomic E-state index is 10.6. The maximum Gasteiger partial charge on any atom is 0.303 e. The summed E-state index contributed by atoms with van der Waals surface area (Å²) in [7, 11) is 0. The SMILES string of the molecule is O=C(O)CCCCCCNc1ccccc1Sc1ccc2c(C=Cc3ccccn3)n[nH]c2c1. The number of anilines is 1. The van der Waals surface area contributed by atoms with Crippen LogP contribution in [0, 0.1) is 0 Å². The summed E-state index contributed by atoms with van der Waals surface area (Å²) in [5.74, 6) is -0.713. The molecule has 34 heavy (non-hydrogen) atoms. The van der Waals surface area contributed by atoms with Crippen LogP contribution in [0.5, 0.6) is 0 Å². The molecular weight excluding hydrogens is 444 g/mol. The lowest BCUT2D eigenvalue weighted by Crippen LogP contribution is -2.02. The van der Waals surface area contributed by atoms with E-state index in [-0.39, 0.29) is 6.42 Å². The average molecular weight is 473 g/mol. The number of H-pyrrole nitrogens is 1. The number of hydrogen-bond acceptors (Lipinski definition) is 5. The quantitative estimate of drug-likeness (QED) is 0.198. The fraction of sp³-hybridized carbons (Fsp3) is 0.222. The molecule has 0 amide bonds. The third kappa shape index (κ3) is 6.71. The predicted octanol–water partition coefficient (Wildman–Crippen LogP) is 6.73. The van der Waals surface area contributed by atoms with Crippen molar-refractivity contribution in [1.82, 2.24) is 15.2 Å². The molecule has 0 unspecified atom stereocenters. The summed E-state index contributed by atoms with van der Waals surface area (Å²) in [5.41, 5.74) is 3.90. The van der Waals surface area contributed by atoms with Gasteiger partial charge in [-0.05, 0) is 67.5 Å². The van der Waals surface area contributed by atoms with Gasteiger partial charge in [0.25, 0.3) is 0 Å². The highest BCUT2D eigenvalue weighted by Crippen LogP contribution is 2.35. The summed E-state index contributed by atoms with van der Waals surface area (Å²) < 4.78 is 0. The maximum atomic E-state index is 10.6. The number of pyridine rings is 1. The van der Waals surface area contributed by atoms with Crippen molar-refractivity contribution in [1.29, 1.82) is 0 Å². The summed E-state index contributed by atoms with van der Waals surface area (Å²) in [5, 5.41) is 20.9. The Labute approximate surface area is 203 Å². The van der Waals surface area contributed by atoms with Gasteiger partial charge in [0.1, 0.15) is 0 Å². The third-order valence-electron chi connectivity index (χ3n) is 5.41. The molecule has 0 spiro atoms. The lowest BCUT2D eigenvalue weighted by Gasteiger charge is -2.12. The monoisotopic (exact) mass is 472 g/mol. The van der Waals surface area contributed by atoms with Crippen molar-refractivity contribution in [3.8, 4) is 0 Å². The number of hydrogen-bond donors (Lipinski definition) is 3. The molecule has 0 aliphatic carbocycles. The summed E-state index contributed by atoms with van der Waals surface area (Å²) in [6.07, 6.45) is 9.74. The molecule has 0 saturated carbocycles. The second kappa shape index (κ2) is 12.0. The lowest BCUT2D eigenvalue weighted by molar-refractivity contribution is -0.137. The molecule has 2 aromatic heterocycles. The van der Waals surface area contributed by atoms with Gasteiger partial charge in [0.05, 0.1) is 16.9 Å². The van der Waals surface area contributed by atoms with Crippen LogP contribution in [0.15, 0.2) is 76.7 Å². The molecule has 0 bridgehead atoms. The molecule has 0 atom stereocenters. The van der Waals surface area contributed by atoms with Gasteiger partial charge in [0.2, 0.25) is 0 Å². The van der Waals surface area contributed by atoms with Crippen LogP contribution in [0.2, 0.25) is 0 Å². The largest absolute Gasteiger partial charge is 0.481 e. The van der Waals surface area contributed by atoms with Crippen molar-refractivity contribution in [2.24, 2.45) is 0 Å². The van der Waals surface area contributed by atoms with Crippen LogP contribution in [-0.2, 0) is 4.79 Å². The Bertz CT molecular complexity index is 1250. The van der Waals surface area contributed by atoms with Gasteiger partial charge < -0.3 is 10.4 Å². The van der Waals surface area contributed by atoms with Crippen molar-refractivity contribution >= 4 is 46.5 Å². The van der Waals surface area contributed by atoms with Crippen molar-refractivity contribution in [3.05, 3.63) is 78.2 Å². The number of unbranched alkanes of at least 4 members (excludes halogenated alkanes) is 3. The number of rotatable bonds is 12. The Balaban J connectivity index is 1.36. The highest BCUT2D eigenvalue weighted by atomic mass is 32.2. The lowest BCUT2D eigenvalue weighted by atomic mass is 10.1. The molecule has 0 fully saturated rings. The standard InChI is InChI=1S/C27H28N4O2S/c32-27(33)12-3-1-2-7-18-29-24-10-4-5-11-26(24)34-21-14-15-22-23(30-31-25(22)19-21)16-13-20-9-6-8-17-28-20/h4-6,8-11,13-17,19,29H,1-3,7,12,18H2,(H,30,31)(H,32,33). The Morgan fingerprint density at radius 2 is 1.85 bits per heavy atom. The zero-order chi connectivity index (χ0) is 23.6. The molecule has 0 aliphatic heterocycles. The molecular formula is C27H28N4O2S. The smallest absolute Gasteiger partial charge is 0.303 e. The number of para-hydroxylation sites is 1. The third-order valence-corrected chi connectivity index (χ3v) is 6.48. The Kier molecular flexibility index (Phi) is 8.35. The van der Waals surface area contributed by atoms with E-state index >= 15 is 0 Å². The number of nitrogens with zero attached hydrogens (tertiary/aromatic N) is 2. The van der Waals surface area contributed by atoms with Crippen molar-refractivity contribution in [2.45, 2.75) is 41.9 Å². The first-order chi connectivity index (χ1) is 16.7. The molecule has 2 heterocycles. The van der Waals surface area contributed by atoms with Gasteiger partial charge >= 0.3 is 5.97 Å². The van der Waals surface area contributed by atoms with E-state index in [9.17, 15) is 4.79 Å². The van der Waals surface area contributed by atoms with Crippen LogP contribution in [0.3, 0.4) is 0 Å². The number of carboxylic acids is 1. The van der Waals surface area contributed by atoms with E-state index in [2.05, 4.69) is 56.9 Å². The van der Waals surface area contributed by atoms with Crippen LogP contribution >= 0.6 is 11.8 Å². The number of aromatic amines is 1. The summed E-state index contributed by atoms with van der Waals surface area (Å²) in [4.78, 5) is 17.2. The fourth-order valence-electron chi connectivity index (χ4n) is 3.66. The number of benzene rings is 2. The first-order valence-electron chi connectivity index (χ1n) is 11.5. The molecule has 0 saturated heterocycles. The van der Waals surface area contributed by atoms with Crippen LogP contribution in [-0.4, -0.2) is 32.8 Å². The normalized spacial score (nSPS) is 11.3. The van der Waals surface area contributed by atoms with Gasteiger partial charge in [-0.15, -0.1) is 0 Å². The number of nitrogens with one attached hydrogen (secondary N) is 2. The van der Waals surface area contributed by atoms with Crippen molar-refractivity contribution in [3.63, 3.8) is 0 Å². The molecule has 2 aromatic carbocycles. The summed E-state index contributed by atoms with van der Waals surface area (Å²) in [6, 6.07) is 20.5. The highest BCUT2D eigenvalue weighted by molar-refractivity contribution is 7.99. The minimum atomic E-state index is -0.713. The average Bonchev–Trinajstić information content (AvgIpc) is 3.26. The summed E-state index contributed by atoms with van der Waals surface area (Å²) in [6.45, 7) is 0.871. The number of fused-ring (bicyclic) bond motifs is 1. The first-order valence-corrected chi connectivity index (χ1v) is 12.3. The highest BCUT2D eigenvalue weighted by Gasteiger charge is 2.08. The van der Waals surface area contributed by atoms with E-state index in [0.29, 0.717) is 0 Å². The minimum Gasteiger partial charge on any atom is -0.481 e. The molecule has 6 nitrogen and oxygen atoms in total. The molecule has 0 radical (unpaired) electrons. The predicted molar refractivity (Wildman–Crippen MR) is 139 cm³/mol. The molecule has 0 aliphatic rings. The topological polar surface area (TPSA) is 90.9 Å². The van der Waals surface area contributed by atoms with E-state index in [1.807, 2.05) is 36.4 Å². The second-order valence-electron chi connectivity index (χ2n) is 7.99. The van der Waals surface area contributed by atoms with E-state index < -0.39 is 5.97 Å². The summed E-state index contributed by atoms with van der Waals surface area (Å²) >= 11 is 1.72. The molecule has 174 valence electrons. The van der Waals surface area contributed by atoms with E-state index in [0.717, 1.165) is 65.1 Å². The van der Waals surface area contributed by atoms with Gasteiger partial charge in [-0.3, -0.25) is 14.9 Å². The fourth-order valence-corrected chi connectivity index (χ4v) is 4.62. The zero-order valence-electron chi connectivity index (χ0n) is 18.9. The van der Waals surface area contributed by atoms with E-state index in [1.54, 1.807) is 18.0 Å². The van der Waals surface area contributed by atoms with Gasteiger partial charge in [0, 0.05) is 40.0 Å².